The van der Waals surface area contributed by atoms with Gasteiger partial charge in [-0.25, -0.2) is 8.42 Å². The van der Waals surface area contributed by atoms with Crippen molar-refractivity contribution in [1.82, 2.24) is 14.5 Å². The second kappa shape index (κ2) is 6.29. The Morgan fingerprint density at radius 1 is 1.11 bits per heavy atom. The highest BCUT2D eigenvalue weighted by Crippen LogP contribution is 2.19. The number of hydrogen-bond acceptors (Lipinski definition) is 5. The van der Waals surface area contributed by atoms with Crippen molar-refractivity contribution in [2.75, 3.05) is 52.4 Å². The van der Waals surface area contributed by atoms with Gasteiger partial charge in [0, 0.05) is 32.7 Å². The van der Waals surface area contributed by atoms with Gasteiger partial charge in [0.1, 0.15) is 0 Å². The van der Waals surface area contributed by atoms with Crippen molar-refractivity contribution >= 4 is 10.0 Å². The van der Waals surface area contributed by atoms with E-state index in [4.69, 9.17) is 5.11 Å². The van der Waals surface area contributed by atoms with Crippen LogP contribution in [0.5, 0.6) is 0 Å². The van der Waals surface area contributed by atoms with Crippen LogP contribution < -0.4 is 5.32 Å². The normalized spacial score (nSPS) is 25.4. The molecule has 0 aromatic heterocycles. The lowest BCUT2D eigenvalue weighted by Gasteiger charge is -2.36. The van der Waals surface area contributed by atoms with Crippen molar-refractivity contribution in [2.45, 2.75) is 18.1 Å². The summed E-state index contributed by atoms with van der Waals surface area (Å²) in [6.45, 7) is 4.96. The summed E-state index contributed by atoms with van der Waals surface area (Å²) in [5.74, 6) is 0. The molecule has 6 nitrogen and oxygen atoms in total. The van der Waals surface area contributed by atoms with E-state index in [1.807, 2.05) is 0 Å². The third kappa shape index (κ3) is 3.21. The minimum Gasteiger partial charge on any atom is -0.395 e. The third-order valence-corrected chi connectivity index (χ3v) is 6.21. The molecular formula is C11H23N3O3S. The van der Waals surface area contributed by atoms with Gasteiger partial charge in [0.2, 0.25) is 10.0 Å². The zero-order chi connectivity index (χ0) is 13.0. The summed E-state index contributed by atoms with van der Waals surface area (Å²) in [6, 6.07) is 0. The Morgan fingerprint density at radius 3 is 2.28 bits per heavy atom. The molecular weight excluding hydrogens is 254 g/mol. The van der Waals surface area contributed by atoms with Crippen molar-refractivity contribution in [3.8, 4) is 0 Å². The molecule has 0 unspecified atom stereocenters. The number of piperazine rings is 1. The molecule has 0 spiro atoms. The molecule has 2 fully saturated rings. The van der Waals surface area contributed by atoms with Gasteiger partial charge in [0.15, 0.2) is 0 Å². The fourth-order valence-corrected chi connectivity index (χ4v) is 4.58. The zero-order valence-electron chi connectivity index (χ0n) is 10.7. The first-order valence-electron chi connectivity index (χ1n) is 6.67. The van der Waals surface area contributed by atoms with Gasteiger partial charge in [0.05, 0.1) is 11.9 Å². The van der Waals surface area contributed by atoms with Crippen LogP contribution in [0.4, 0.5) is 0 Å². The maximum Gasteiger partial charge on any atom is 0.217 e. The molecule has 0 aromatic carbocycles. The Bertz CT molecular complexity index is 347. The van der Waals surface area contributed by atoms with E-state index in [0.29, 0.717) is 19.6 Å². The number of sulfonamides is 1. The van der Waals surface area contributed by atoms with Gasteiger partial charge < -0.3 is 10.4 Å². The highest BCUT2D eigenvalue weighted by atomic mass is 32.2. The smallest absolute Gasteiger partial charge is 0.217 e. The lowest BCUT2D eigenvalue weighted by atomic mass is 10.2. The van der Waals surface area contributed by atoms with E-state index < -0.39 is 10.0 Å². The number of rotatable bonds is 4. The van der Waals surface area contributed by atoms with Gasteiger partial charge in [-0.2, -0.15) is 4.31 Å². The monoisotopic (exact) mass is 277 g/mol. The summed E-state index contributed by atoms with van der Waals surface area (Å²) in [7, 11) is -3.12. The molecule has 0 radical (unpaired) electrons. The van der Waals surface area contributed by atoms with Gasteiger partial charge >= 0.3 is 0 Å². The minimum atomic E-state index is -3.12. The molecule has 0 atom stereocenters. The fourth-order valence-electron chi connectivity index (χ4n) is 2.65. The molecule has 0 aromatic rings. The van der Waals surface area contributed by atoms with Gasteiger partial charge in [-0.15, -0.1) is 0 Å². The van der Waals surface area contributed by atoms with E-state index in [0.717, 1.165) is 39.0 Å². The largest absolute Gasteiger partial charge is 0.395 e. The number of aliphatic hydroxyl groups excluding tert-OH is 1. The number of β-amino-alcohol motifs (C(OH)–C–C–N with tert-alkyl or cyclic N) is 1. The van der Waals surface area contributed by atoms with E-state index in [-0.39, 0.29) is 11.9 Å². The Kier molecular flexibility index (Phi) is 4.97. The van der Waals surface area contributed by atoms with Gasteiger partial charge in [-0.3, -0.25) is 4.90 Å². The van der Waals surface area contributed by atoms with Crippen molar-refractivity contribution in [3.05, 3.63) is 0 Å². The first-order valence-corrected chi connectivity index (χ1v) is 8.18. The Hall–Kier alpha value is -0.210. The standard InChI is InChI=1S/C11H23N3O3S/c15-10-9-13-5-7-14(8-6-13)18(16,17)11-1-3-12-4-2-11/h11-12,15H,1-10H2. The lowest BCUT2D eigenvalue weighted by molar-refractivity contribution is 0.150. The molecule has 0 amide bonds. The lowest BCUT2D eigenvalue weighted by Crippen LogP contribution is -2.52. The number of nitrogens with zero attached hydrogens (tertiary/aromatic N) is 2. The summed E-state index contributed by atoms with van der Waals surface area (Å²) >= 11 is 0. The molecule has 106 valence electrons. The van der Waals surface area contributed by atoms with E-state index in [1.54, 1.807) is 4.31 Å². The van der Waals surface area contributed by atoms with Crippen molar-refractivity contribution < 1.29 is 13.5 Å². The first-order chi connectivity index (χ1) is 8.64. The molecule has 18 heavy (non-hydrogen) atoms. The first kappa shape index (κ1) is 14.2. The topological polar surface area (TPSA) is 72.9 Å². The average molecular weight is 277 g/mol. The Balaban J connectivity index is 1.91. The number of nitrogens with one attached hydrogen (secondary N) is 1. The summed E-state index contributed by atoms with van der Waals surface area (Å²) in [4.78, 5) is 2.11. The van der Waals surface area contributed by atoms with Crippen molar-refractivity contribution in [1.29, 1.82) is 0 Å². The number of hydrogen-bond donors (Lipinski definition) is 2. The van der Waals surface area contributed by atoms with Crippen LogP contribution >= 0.6 is 0 Å². The van der Waals surface area contributed by atoms with Crippen molar-refractivity contribution in [3.63, 3.8) is 0 Å². The maximum atomic E-state index is 12.4. The molecule has 2 rings (SSSR count). The molecule has 7 heteroatoms. The zero-order valence-corrected chi connectivity index (χ0v) is 11.5. The fraction of sp³-hybridized carbons (Fsp3) is 1.00. The van der Waals surface area contributed by atoms with Crippen LogP contribution in [0.15, 0.2) is 0 Å². The van der Waals surface area contributed by atoms with Crippen LogP contribution in [-0.2, 0) is 10.0 Å². The van der Waals surface area contributed by atoms with Gasteiger partial charge in [-0.1, -0.05) is 0 Å². The van der Waals surface area contributed by atoms with Gasteiger partial charge in [-0.05, 0) is 25.9 Å². The molecule has 0 bridgehead atoms. The average Bonchev–Trinajstić information content (AvgIpc) is 2.41. The van der Waals surface area contributed by atoms with E-state index >= 15 is 0 Å². The Labute approximate surface area is 109 Å². The van der Waals surface area contributed by atoms with Crippen LogP contribution in [0.1, 0.15) is 12.8 Å². The van der Waals surface area contributed by atoms with Crippen LogP contribution in [0, 0.1) is 0 Å². The highest BCUT2D eigenvalue weighted by molar-refractivity contribution is 7.89. The molecule has 2 heterocycles. The van der Waals surface area contributed by atoms with Crippen LogP contribution in [0.2, 0.25) is 0 Å². The minimum absolute atomic E-state index is 0.140. The predicted octanol–water partition coefficient (Wildman–Crippen LogP) is -1.32. The highest BCUT2D eigenvalue weighted by Gasteiger charge is 2.34. The number of piperidine rings is 1. The summed E-state index contributed by atoms with van der Waals surface area (Å²) in [6.07, 6.45) is 1.44. The summed E-state index contributed by atoms with van der Waals surface area (Å²) < 4.78 is 26.5. The van der Waals surface area contributed by atoms with Crippen molar-refractivity contribution in [2.24, 2.45) is 0 Å². The van der Waals surface area contributed by atoms with Gasteiger partial charge in [0.25, 0.3) is 0 Å². The van der Waals surface area contributed by atoms with Crippen LogP contribution in [0.3, 0.4) is 0 Å². The molecule has 0 saturated carbocycles. The summed E-state index contributed by atoms with van der Waals surface area (Å²) in [5.41, 5.74) is 0. The van der Waals surface area contributed by atoms with E-state index in [2.05, 4.69) is 10.2 Å². The molecule has 0 aliphatic carbocycles. The second-order valence-corrected chi connectivity index (χ2v) is 7.17. The SMILES string of the molecule is O=S(=O)(C1CCNCC1)N1CCN(CCO)CC1. The quantitative estimate of drug-likeness (QED) is 0.667. The van der Waals surface area contributed by atoms with Crippen LogP contribution in [0.25, 0.3) is 0 Å². The molecule has 2 N–H and O–H groups in total. The van der Waals surface area contributed by atoms with Crippen LogP contribution in [-0.4, -0.2) is 80.4 Å². The van der Waals surface area contributed by atoms with E-state index in [9.17, 15) is 8.42 Å². The maximum absolute atomic E-state index is 12.4. The predicted molar refractivity (Wildman–Crippen MR) is 69.9 cm³/mol. The summed E-state index contributed by atoms with van der Waals surface area (Å²) in [5, 5.41) is 11.9. The second-order valence-electron chi connectivity index (χ2n) is 4.96. The van der Waals surface area contributed by atoms with E-state index in [1.165, 1.54) is 0 Å². The number of aliphatic hydroxyl groups is 1. The molecule has 2 aliphatic heterocycles. The molecule has 2 aliphatic rings. The third-order valence-electron chi connectivity index (χ3n) is 3.81. The Morgan fingerprint density at radius 2 is 1.72 bits per heavy atom. The molecule has 2 saturated heterocycles.